The molecular formula is C21H20ClN3O4S. The zero-order valence-corrected chi connectivity index (χ0v) is 18.2. The Bertz CT molecular complexity index is 1240. The summed E-state index contributed by atoms with van der Waals surface area (Å²) in [5, 5.41) is 5.43. The van der Waals surface area contributed by atoms with Gasteiger partial charge in [0.2, 0.25) is 10.0 Å². The van der Waals surface area contributed by atoms with Crippen molar-refractivity contribution >= 4 is 38.2 Å². The van der Waals surface area contributed by atoms with Crippen LogP contribution in [0.5, 0.6) is 11.5 Å². The molecule has 7 nitrogen and oxygen atoms in total. The summed E-state index contributed by atoms with van der Waals surface area (Å²) < 4.78 is 36.6. The highest BCUT2D eigenvalue weighted by Gasteiger charge is 2.36. The molecule has 0 spiro atoms. The third-order valence-electron chi connectivity index (χ3n) is 5.00. The van der Waals surface area contributed by atoms with Crippen molar-refractivity contribution in [2.45, 2.75) is 12.5 Å². The van der Waals surface area contributed by atoms with Gasteiger partial charge >= 0.3 is 0 Å². The van der Waals surface area contributed by atoms with Crippen LogP contribution in [0.2, 0.25) is 5.15 Å². The number of nitrogens with zero attached hydrogens (tertiary/aromatic N) is 3. The van der Waals surface area contributed by atoms with Crippen molar-refractivity contribution in [1.82, 2.24) is 9.40 Å². The fraction of sp³-hybridized carbons (Fsp3) is 0.238. The van der Waals surface area contributed by atoms with E-state index in [1.165, 1.54) is 0 Å². The third kappa shape index (κ3) is 3.68. The van der Waals surface area contributed by atoms with Gasteiger partial charge in [-0.3, -0.25) is 0 Å². The summed E-state index contributed by atoms with van der Waals surface area (Å²) in [6.45, 7) is 0. The molecule has 0 bridgehead atoms. The first-order valence-electron chi connectivity index (χ1n) is 9.16. The number of rotatable bonds is 5. The minimum absolute atomic E-state index is 0.219. The van der Waals surface area contributed by atoms with Gasteiger partial charge in [-0.15, -0.1) is 0 Å². The summed E-state index contributed by atoms with van der Waals surface area (Å²) in [5.41, 5.74) is 2.68. The van der Waals surface area contributed by atoms with E-state index in [-0.39, 0.29) is 5.15 Å². The van der Waals surface area contributed by atoms with Crippen LogP contribution in [0.4, 0.5) is 0 Å². The lowest BCUT2D eigenvalue weighted by atomic mass is 9.99. The summed E-state index contributed by atoms with van der Waals surface area (Å²) in [4.78, 5) is 4.48. The molecule has 1 aliphatic rings. The molecule has 2 heterocycles. The second-order valence-electron chi connectivity index (χ2n) is 6.93. The van der Waals surface area contributed by atoms with E-state index in [9.17, 15) is 8.42 Å². The Morgan fingerprint density at radius 3 is 2.47 bits per heavy atom. The Labute approximate surface area is 179 Å². The molecule has 0 radical (unpaired) electrons. The molecule has 2 aromatic carbocycles. The van der Waals surface area contributed by atoms with Crippen LogP contribution in [0.25, 0.3) is 10.9 Å². The number of sulfonamides is 1. The molecule has 156 valence electrons. The first-order chi connectivity index (χ1) is 14.3. The maximum Gasteiger partial charge on any atom is 0.247 e. The lowest BCUT2D eigenvalue weighted by molar-refractivity contribution is 0.374. The van der Waals surface area contributed by atoms with E-state index in [2.05, 4.69) is 10.1 Å². The van der Waals surface area contributed by atoms with Gasteiger partial charge in [0.25, 0.3) is 0 Å². The number of para-hydroxylation sites is 1. The number of aromatic nitrogens is 1. The first-order valence-corrected chi connectivity index (χ1v) is 11.4. The number of halogens is 1. The number of hydrazone groups is 1. The Hall–Kier alpha value is -2.84. The summed E-state index contributed by atoms with van der Waals surface area (Å²) in [7, 11) is -0.471. The molecule has 1 atom stereocenters. The number of ether oxygens (including phenoxy) is 2. The first kappa shape index (κ1) is 20.4. The van der Waals surface area contributed by atoms with Crippen LogP contribution in [0.1, 0.15) is 23.6 Å². The van der Waals surface area contributed by atoms with Gasteiger partial charge in [-0.05, 0) is 42.0 Å². The largest absolute Gasteiger partial charge is 0.497 e. The SMILES string of the molecule is COc1ccc(C2=NN(S(C)(=O)=O)[C@H](c3cc4cccc(OC)c4nc3Cl)C2)cc1. The van der Waals surface area contributed by atoms with Gasteiger partial charge in [-0.2, -0.15) is 9.52 Å². The van der Waals surface area contributed by atoms with Crippen LogP contribution in [-0.4, -0.2) is 44.0 Å². The quantitative estimate of drug-likeness (QED) is 0.554. The van der Waals surface area contributed by atoms with Crippen molar-refractivity contribution in [3.8, 4) is 11.5 Å². The molecule has 9 heteroatoms. The van der Waals surface area contributed by atoms with E-state index in [1.807, 2.05) is 42.5 Å². The van der Waals surface area contributed by atoms with E-state index in [0.29, 0.717) is 34.7 Å². The molecule has 0 saturated carbocycles. The molecule has 1 aliphatic heterocycles. The van der Waals surface area contributed by atoms with Crippen LogP contribution in [0, 0.1) is 0 Å². The second-order valence-corrected chi connectivity index (χ2v) is 9.13. The molecule has 30 heavy (non-hydrogen) atoms. The summed E-state index contributed by atoms with van der Waals surface area (Å²) in [6.07, 6.45) is 1.50. The van der Waals surface area contributed by atoms with Gasteiger partial charge < -0.3 is 9.47 Å². The average Bonchev–Trinajstić information content (AvgIpc) is 3.18. The highest BCUT2D eigenvalue weighted by Crippen LogP contribution is 2.39. The lowest BCUT2D eigenvalue weighted by Crippen LogP contribution is -2.26. The van der Waals surface area contributed by atoms with E-state index in [4.69, 9.17) is 21.1 Å². The van der Waals surface area contributed by atoms with Crippen molar-refractivity contribution in [3.63, 3.8) is 0 Å². The van der Waals surface area contributed by atoms with Gasteiger partial charge in [-0.25, -0.2) is 13.4 Å². The Morgan fingerprint density at radius 1 is 1.10 bits per heavy atom. The van der Waals surface area contributed by atoms with Crippen LogP contribution in [0.3, 0.4) is 0 Å². The smallest absolute Gasteiger partial charge is 0.247 e. The van der Waals surface area contributed by atoms with E-state index >= 15 is 0 Å². The zero-order valence-electron chi connectivity index (χ0n) is 16.7. The molecule has 0 unspecified atom stereocenters. The minimum atomic E-state index is -3.63. The van der Waals surface area contributed by atoms with Gasteiger partial charge in [0, 0.05) is 17.4 Å². The van der Waals surface area contributed by atoms with Crippen molar-refractivity contribution in [3.05, 3.63) is 64.8 Å². The highest BCUT2D eigenvalue weighted by atomic mass is 35.5. The average molecular weight is 446 g/mol. The Balaban J connectivity index is 1.79. The number of hydrogen-bond acceptors (Lipinski definition) is 6. The normalized spacial score (nSPS) is 16.6. The minimum Gasteiger partial charge on any atom is -0.497 e. The maximum absolute atomic E-state index is 12.5. The molecule has 3 aromatic rings. The topological polar surface area (TPSA) is 81.1 Å². The number of hydrogen-bond donors (Lipinski definition) is 0. The fourth-order valence-electron chi connectivity index (χ4n) is 3.55. The Kier molecular flexibility index (Phi) is 5.29. The summed E-state index contributed by atoms with van der Waals surface area (Å²) in [6, 6.07) is 14.1. The molecule has 0 amide bonds. The van der Waals surface area contributed by atoms with Gasteiger partial charge in [0.05, 0.1) is 32.2 Å². The third-order valence-corrected chi connectivity index (χ3v) is 6.32. The van der Waals surface area contributed by atoms with Crippen molar-refractivity contribution < 1.29 is 17.9 Å². The monoisotopic (exact) mass is 445 g/mol. The highest BCUT2D eigenvalue weighted by molar-refractivity contribution is 7.88. The van der Waals surface area contributed by atoms with Crippen molar-refractivity contribution in [2.24, 2.45) is 5.10 Å². The summed E-state index contributed by atoms with van der Waals surface area (Å²) in [5.74, 6) is 1.31. The number of methoxy groups -OCH3 is 2. The van der Waals surface area contributed by atoms with E-state index < -0.39 is 16.1 Å². The van der Waals surface area contributed by atoms with E-state index in [0.717, 1.165) is 21.6 Å². The predicted molar refractivity (Wildman–Crippen MR) is 117 cm³/mol. The van der Waals surface area contributed by atoms with Crippen LogP contribution in [0.15, 0.2) is 53.6 Å². The van der Waals surface area contributed by atoms with Gasteiger partial charge in [0.15, 0.2) is 0 Å². The maximum atomic E-state index is 12.5. The fourth-order valence-corrected chi connectivity index (χ4v) is 4.71. The van der Waals surface area contributed by atoms with Crippen LogP contribution in [-0.2, 0) is 10.0 Å². The molecular weight excluding hydrogens is 426 g/mol. The molecule has 0 saturated heterocycles. The number of pyridine rings is 1. The molecule has 0 aliphatic carbocycles. The van der Waals surface area contributed by atoms with Crippen molar-refractivity contribution in [2.75, 3.05) is 20.5 Å². The molecule has 0 fully saturated rings. The number of benzene rings is 2. The number of fused-ring (bicyclic) bond motifs is 1. The molecule has 1 aromatic heterocycles. The second kappa shape index (κ2) is 7.77. The summed E-state index contributed by atoms with van der Waals surface area (Å²) >= 11 is 6.51. The zero-order chi connectivity index (χ0) is 21.5. The van der Waals surface area contributed by atoms with Crippen molar-refractivity contribution in [1.29, 1.82) is 0 Å². The van der Waals surface area contributed by atoms with Gasteiger partial charge in [-0.1, -0.05) is 23.7 Å². The van der Waals surface area contributed by atoms with E-state index in [1.54, 1.807) is 20.3 Å². The van der Waals surface area contributed by atoms with Gasteiger partial charge in [0.1, 0.15) is 22.2 Å². The lowest BCUT2D eigenvalue weighted by Gasteiger charge is -2.22. The molecule has 4 rings (SSSR count). The standard InChI is InChI=1S/C21H20ClN3O4S/c1-28-15-9-7-13(8-10-15)17-12-18(25(24-17)30(3,26)27)16-11-14-5-4-6-19(29-2)20(14)23-21(16)22/h4-11,18H,12H2,1-3H3/t18-/m0/s1. The Morgan fingerprint density at radius 2 is 1.83 bits per heavy atom. The molecule has 0 N–H and O–H groups in total. The van der Waals surface area contributed by atoms with Crippen LogP contribution >= 0.6 is 11.6 Å². The predicted octanol–water partition coefficient (Wildman–Crippen LogP) is 4.02. The van der Waals surface area contributed by atoms with Crippen LogP contribution < -0.4 is 9.47 Å².